The summed E-state index contributed by atoms with van der Waals surface area (Å²) in [4.78, 5) is -0.587. The van der Waals surface area contributed by atoms with Crippen molar-refractivity contribution in [3.63, 3.8) is 0 Å². The van der Waals surface area contributed by atoms with Crippen LogP contribution >= 0.6 is 0 Å². The summed E-state index contributed by atoms with van der Waals surface area (Å²) in [6.07, 6.45) is -4.96. The van der Waals surface area contributed by atoms with E-state index in [1.165, 1.54) is 12.1 Å². The van der Waals surface area contributed by atoms with Gasteiger partial charge in [0.05, 0.1) is 0 Å². The number of sulfonamides is 1. The van der Waals surface area contributed by atoms with Crippen molar-refractivity contribution < 1.29 is 26.3 Å². The van der Waals surface area contributed by atoms with E-state index in [0.29, 0.717) is 0 Å². The summed E-state index contributed by atoms with van der Waals surface area (Å²) in [5.41, 5.74) is 5.12. The highest BCUT2D eigenvalue weighted by atomic mass is 32.2. The molecular formula is C9H11F3N2O3S. The van der Waals surface area contributed by atoms with Gasteiger partial charge in [-0.15, -0.1) is 13.2 Å². The first kappa shape index (κ1) is 14.7. The van der Waals surface area contributed by atoms with Crippen molar-refractivity contribution in [1.82, 2.24) is 4.72 Å². The van der Waals surface area contributed by atoms with Crippen molar-refractivity contribution in [2.75, 3.05) is 13.1 Å². The SMILES string of the molecule is NCCNS(=O)(=O)c1ccccc1OC(F)(F)F. The van der Waals surface area contributed by atoms with Crippen LogP contribution in [0.15, 0.2) is 29.2 Å². The minimum atomic E-state index is -4.96. The molecule has 3 N–H and O–H groups in total. The van der Waals surface area contributed by atoms with Crippen LogP contribution in [0.5, 0.6) is 5.75 Å². The van der Waals surface area contributed by atoms with E-state index in [2.05, 4.69) is 9.46 Å². The lowest BCUT2D eigenvalue weighted by molar-refractivity contribution is -0.275. The second-order valence-electron chi connectivity index (χ2n) is 3.18. The molecule has 0 unspecified atom stereocenters. The van der Waals surface area contributed by atoms with Gasteiger partial charge in [-0.05, 0) is 12.1 Å². The molecule has 0 aromatic heterocycles. The van der Waals surface area contributed by atoms with Crippen LogP contribution < -0.4 is 15.2 Å². The molecule has 0 atom stereocenters. The Bertz CT molecular complexity index is 502. The van der Waals surface area contributed by atoms with Gasteiger partial charge in [0, 0.05) is 13.1 Å². The van der Waals surface area contributed by atoms with Gasteiger partial charge in [0.2, 0.25) is 10.0 Å². The zero-order valence-corrected chi connectivity index (χ0v) is 9.88. The van der Waals surface area contributed by atoms with E-state index in [1.54, 1.807) is 0 Å². The average molecular weight is 284 g/mol. The Kier molecular flexibility index (Phi) is 4.54. The number of hydrogen-bond acceptors (Lipinski definition) is 4. The highest BCUT2D eigenvalue weighted by Gasteiger charge is 2.33. The minimum Gasteiger partial charge on any atom is -0.404 e. The van der Waals surface area contributed by atoms with E-state index in [1.807, 2.05) is 0 Å². The first-order chi connectivity index (χ1) is 8.26. The third-order valence-electron chi connectivity index (χ3n) is 1.80. The number of benzene rings is 1. The van der Waals surface area contributed by atoms with Crippen LogP contribution in [0.25, 0.3) is 0 Å². The molecule has 0 spiro atoms. The van der Waals surface area contributed by atoms with E-state index in [4.69, 9.17) is 5.73 Å². The van der Waals surface area contributed by atoms with Crippen LogP contribution in [0.2, 0.25) is 0 Å². The van der Waals surface area contributed by atoms with Gasteiger partial charge in [-0.3, -0.25) is 0 Å². The van der Waals surface area contributed by atoms with Crippen molar-refractivity contribution in [2.45, 2.75) is 11.3 Å². The molecule has 1 aromatic carbocycles. The van der Waals surface area contributed by atoms with E-state index in [-0.39, 0.29) is 13.1 Å². The number of ether oxygens (including phenoxy) is 1. The zero-order chi connectivity index (χ0) is 13.8. The fraction of sp³-hybridized carbons (Fsp3) is 0.333. The van der Waals surface area contributed by atoms with Gasteiger partial charge in [-0.25, -0.2) is 13.1 Å². The fourth-order valence-corrected chi connectivity index (χ4v) is 2.33. The number of nitrogens with two attached hydrogens (primary N) is 1. The molecule has 9 heteroatoms. The Labute approximate surface area is 102 Å². The lowest BCUT2D eigenvalue weighted by Crippen LogP contribution is -2.30. The molecule has 0 aliphatic heterocycles. The van der Waals surface area contributed by atoms with Gasteiger partial charge < -0.3 is 10.5 Å². The van der Waals surface area contributed by atoms with Gasteiger partial charge in [0.1, 0.15) is 10.6 Å². The standard InChI is InChI=1S/C9H11F3N2O3S/c10-9(11,12)17-7-3-1-2-4-8(7)18(15,16)14-6-5-13/h1-4,14H,5-6,13H2. The van der Waals surface area contributed by atoms with E-state index < -0.39 is 27.0 Å². The molecule has 0 amide bonds. The molecule has 0 heterocycles. The van der Waals surface area contributed by atoms with Crippen LogP contribution in [-0.2, 0) is 10.0 Å². The normalized spacial score (nSPS) is 12.4. The number of alkyl halides is 3. The van der Waals surface area contributed by atoms with E-state index in [9.17, 15) is 21.6 Å². The van der Waals surface area contributed by atoms with Gasteiger partial charge in [0.25, 0.3) is 0 Å². The largest absolute Gasteiger partial charge is 0.573 e. The maximum Gasteiger partial charge on any atom is 0.573 e. The summed E-state index contributed by atoms with van der Waals surface area (Å²) >= 11 is 0. The number of rotatable bonds is 5. The second kappa shape index (κ2) is 5.55. The van der Waals surface area contributed by atoms with E-state index in [0.717, 1.165) is 12.1 Å². The Morgan fingerprint density at radius 3 is 2.44 bits per heavy atom. The summed E-state index contributed by atoms with van der Waals surface area (Å²) in [6.45, 7) is -0.0514. The van der Waals surface area contributed by atoms with Gasteiger partial charge in [0.15, 0.2) is 0 Å². The molecule has 1 aromatic rings. The second-order valence-corrected chi connectivity index (χ2v) is 4.92. The summed E-state index contributed by atoms with van der Waals surface area (Å²) < 4.78 is 65.4. The fourth-order valence-electron chi connectivity index (χ4n) is 1.15. The topological polar surface area (TPSA) is 81.4 Å². The third-order valence-corrected chi connectivity index (χ3v) is 3.30. The number of nitrogens with one attached hydrogen (secondary N) is 1. The molecule has 0 aliphatic carbocycles. The van der Waals surface area contributed by atoms with Crippen molar-refractivity contribution >= 4 is 10.0 Å². The molecule has 102 valence electrons. The number of para-hydroxylation sites is 1. The quantitative estimate of drug-likeness (QED) is 0.839. The summed E-state index contributed by atoms with van der Waals surface area (Å²) in [5, 5.41) is 0. The summed E-state index contributed by atoms with van der Waals surface area (Å²) in [7, 11) is -4.08. The van der Waals surface area contributed by atoms with Crippen LogP contribution in [-0.4, -0.2) is 27.9 Å². The Balaban J connectivity index is 3.09. The van der Waals surface area contributed by atoms with Gasteiger partial charge in [-0.2, -0.15) is 0 Å². The monoisotopic (exact) mass is 284 g/mol. The van der Waals surface area contributed by atoms with Crippen LogP contribution in [0.1, 0.15) is 0 Å². The Morgan fingerprint density at radius 1 is 1.28 bits per heavy atom. The Hall–Kier alpha value is -1.32. The molecule has 0 bridgehead atoms. The van der Waals surface area contributed by atoms with Crippen molar-refractivity contribution in [3.05, 3.63) is 24.3 Å². The highest BCUT2D eigenvalue weighted by Crippen LogP contribution is 2.28. The molecule has 5 nitrogen and oxygen atoms in total. The Morgan fingerprint density at radius 2 is 1.89 bits per heavy atom. The number of halogens is 3. The van der Waals surface area contributed by atoms with Crippen molar-refractivity contribution in [3.8, 4) is 5.75 Å². The van der Waals surface area contributed by atoms with Crippen LogP contribution in [0.3, 0.4) is 0 Å². The third kappa shape index (κ3) is 4.17. The molecule has 18 heavy (non-hydrogen) atoms. The lowest BCUT2D eigenvalue weighted by Gasteiger charge is -2.13. The molecule has 0 saturated heterocycles. The van der Waals surface area contributed by atoms with Crippen molar-refractivity contribution in [2.24, 2.45) is 5.73 Å². The summed E-state index contributed by atoms with van der Waals surface area (Å²) in [5.74, 6) is -0.783. The predicted molar refractivity (Wildman–Crippen MR) is 57.4 cm³/mol. The smallest absolute Gasteiger partial charge is 0.404 e. The molecule has 0 radical (unpaired) electrons. The molecule has 0 aliphatic rings. The van der Waals surface area contributed by atoms with Gasteiger partial charge in [-0.1, -0.05) is 12.1 Å². The molecule has 0 fully saturated rings. The molecular weight excluding hydrogens is 273 g/mol. The average Bonchev–Trinajstić information content (AvgIpc) is 2.25. The van der Waals surface area contributed by atoms with Gasteiger partial charge >= 0.3 is 6.36 Å². The highest BCUT2D eigenvalue weighted by molar-refractivity contribution is 7.89. The first-order valence-corrected chi connectivity index (χ1v) is 6.29. The predicted octanol–water partition coefficient (Wildman–Crippen LogP) is 0.822. The lowest BCUT2D eigenvalue weighted by atomic mass is 10.3. The molecule has 1 rings (SSSR count). The maximum atomic E-state index is 12.1. The first-order valence-electron chi connectivity index (χ1n) is 4.81. The number of hydrogen-bond donors (Lipinski definition) is 2. The molecule has 0 saturated carbocycles. The van der Waals surface area contributed by atoms with E-state index >= 15 is 0 Å². The summed E-state index contributed by atoms with van der Waals surface area (Å²) in [6, 6.07) is 4.47. The maximum absolute atomic E-state index is 12.1. The van der Waals surface area contributed by atoms with Crippen LogP contribution in [0.4, 0.5) is 13.2 Å². The van der Waals surface area contributed by atoms with Crippen molar-refractivity contribution in [1.29, 1.82) is 0 Å². The minimum absolute atomic E-state index is 0.0293. The van der Waals surface area contributed by atoms with Crippen LogP contribution in [0, 0.1) is 0 Å². The zero-order valence-electron chi connectivity index (χ0n) is 9.07.